The van der Waals surface area contributed by atoms with Gasteiger partial charge in [-0.2, -0.15) is 0 Å². The van der Waals surface area contributed by atoms with Gasteiger partial charge >= 0.3 is 6.03 Å². The molecule has 0 unspecified atom stereocenters. The summed E-state index contributed by atoms with van der Waals surface area (Å²) in [6.45, 7) is 6.01. The number of anilines is 2. The summed E-state index contributed by atoms with van der Waals surface area (Å²) >= 11 is 0. The molecule has 0 saturated carbocycles. The van der Waals surface area contributed by atoms with Gasteiger partial charge in [-0.15, -0.1) is 0 Å². The predicted molar refractivity (Wildman–Crippen MR) is 113 cm³/mol. The SMILES string of the molecule is CCn1cc(NC(=O)N2CCN(c3ccc(OC)cc3)CC2)c2ccccc21. The van der Waals surface area contributed by atoms with Gasteiger partial charge in [0.15, 0.2) is 0 Å². The van der Waals surface area contributed by atoms with E-state index in [0.717, 1.165) is 47.7 Å². The highest BCUT2D eigenvalue weighted by Crippen LogP contribution is 2.26. The van der Waals surface area contributed by atoms with Crippen molar-refractivity contribution in [3.63, 3.8) is 0 Å². The summed E-state index contributed by atoms with van der Waals surface area (Å²) in [5.74, 6) is 0.855. The Labute approximate surface area is 165 Å². The first-order valence-electron chi connectivity index (χ1n) is 9.72. The molecule has 6 nitrogen and oxygen atoms in total. The van der Waals surface area contributed by atoms with E-state index in [0.29, 0.717) is 13.1 Å². The van der Waals surface area contributed by atoms with Gasteiger partial charge in [0.2, 0.25) is 0 Å². The number of benzene rings is 2. The smallest absolute Gasteiger partial charge is 0.322 e. The quantitative estimate of drug-likeness (QED) is 0.746. The van der Waals surface area contributed by atoms with E-state index in [1.807, 2.05) is 35.4 Å². The highest BCUT2D eigenvalue weighted by Gasteiger charge is 2.22. The van der Waals surface area contributed by atoms with Crippen molar-refractivity contribution in [2.75, 3.05) is 43.5 Å². The molecule has 2 amide bonds. The summed E-state index contributed by atoms with van der Waals surface area (Å²) in [5, 5.41) is 4.19. The van der Waals surface area contributed by atoms with E-state index in [1.54, 1.807) is 7.11 Å². The van der Waals surface area contributed by atoms with Crippen LogP contribution in [0.5, 0.6) is 5.75 Å². The lowest BCUT2D eigenvalue weighted by Crippen LogP contribution is -2.50. The van der Waals surface area contributed by atoms with Crippen LogP contribution in [-0.2, 0) is 6.54 Å². The van der Waals surface area contributed by atoms with Crippen LogP contribution in [0.3, 0.4) is 0 Å². The number of aromatic nitrogens is 1. The minimum atomic E-state index is -0.0339. The third kappa shape index (κ3) is 3.50. The maximum absolute atomic E-state index is 12.8. The molecule has 2 heterocycles. The molecule has 4 rings (SSSR count). The van der Waals surface area contributed by atoms with E-state index < -0.39 is 0 Å². The molecule has 0 aliphatic carbocycles. The molecule has 0 spiro atoms. The number of carbonyl (C=O) groups is 1. The van der Waals surface area contributed by atoms with E-state index in [1.165, 1.54) is 0 Å². The summed E-state index contributed by atoms with van der Waals surface area (Å²) in [5.41, 5.74) is 3.18. The number of rotatable bonds is 4. The first kappa shape index (κ1) is 18.2. The van der Waals surface area contributed by atoms with Crippen molar-refractivity contribution in [2.45, 2.75) is 13.5 Å². The Morgan fingerprint density at radius 2 is 1.75 bits per heavy atom. The van der Waals surface area contributed by atoms with Crippen molar-refractivity contribution in [3.8, 4) is 5.75 Å². The monoisotopic (exact) mass is 378 g/mol. The molecule has 0 atom stereocenters. The predicted octanol–water partition coefficient (Wildman–Crippen LogP) is 4.02. The molecule has 6 heteroatoms. The molecule has 1 aromatic heterocycles. The topological polar surface area (TPSA) is 49.7 Å². The van der Waals surface area contributed by atoms with Gasteiger partial charge < -0.3 is 24.4 Å². The van der Waals surface area contributed by atoms with E-state index in [-0.39, 0.29) is 6.03 Å². The number of fused-ring (bicyclic) bond motifs is 1. The highest BCUT2D eigenvalue weighted by atomic mass is 16.5. The van der Waals surface area contributed by atoms with Crippen LogP contribution in [0.1, 0.15) is 6.92 Å². The number of carbonyl (C=O) groups excluding carboxylic acids is 1. The van der Waals surface area contributed by atoms with Gasteiger partial charge in [0, 0.05) is 50.0 Å². The van der Waals surface area contributed by atoms with Crippen molar-refractivity contribution in [3.05, 3.63) is 54.7 Å². The van der Waals surface area contributed by atoms with Crippen LogP contribution in [0.4, 0.5) is 16.2 Å². The normalized spacial score (nSPS) is 14.4. The maximum atomic E-state index is 12.8. The highest BCUT2D eigenvalue weighted by molar-refractivity contribution is 6.01. The van der Waals surface area contributed by atoms with Crippen molar-refractivity contribution in [2.24, 2.45) is 0 Å². The molecular weight excluding hydrogens is 352 g/mol. The molecule has 28 heavy (non-hydrogen) atoms. The number of piperazine rings is 1. The van der Waals surface area contributed by atoms with E-state index >= 15 is 0 Å². The van der Waals surface area contributed by atoms with Crippen LogP contribution >= 0.6 is 0 Å². The fourth-order valence-corrected chi connectivity index (χ4v) is 3.76. The second-order valence-corrected chi connectivity index (χ2v) is 6.95. The van der Waals surface area contributed by atoms with Gasteiger partial charge in [-0.3, -0.25) is 0 Å². The van der Waals surface area contributed by atoms with Gasteiger partial charge in [0.05, 0.1) is 18.3 Å². The first-order chi connectivity index (χ1) is 13.7. The van der Waals surface area contributed by atoms with Crippen LogP contribution in [0.25, 0.3) is 10.9 Å². The molecular formula is C22H26N4O2. The molecule has 1 aliphatic heterocycles. The van der Waals surface area contributed by atoms with Crippen molar-refractivity contribution in [1.82, 2.24) is 9.47 Å². The fourth-order valence-electron chi connectivity index (χ4n) is 3.76. The number of aryl methyl sites for hydroxylation is 1. The number of nitrogens with one attached hydrogen (secondary N) is 1. The molecule has 2 aromatic carbocycles. The molecule has 0 radical (unpaired) electrons. The molecule has 1 N–H and O–H groups in total. The van der Waals surface area contributed by atoms with Gasteiger partial charge in [0.1, 0.15) is 5.75 Å². The summed E-state index contributed by atoms with van der Waals surface area (Å²) in [6.07, 6.45) is 2.02. The Morgan fingerprint density at radius 1 is 1.04 bits per heavy atom. The summed E-state index contributed by atoms with van der Waals surface area (Å²) in [7, 11) is 1.67. The number of amides is 2. The number of hydrogen-bond donors (Lipinski definition) is 1. The first-order valence-corrected chi connectivity index (χ1v) is 9.72. The Balaban J connectivity index is 1.40. The second kappa shape index (κ2) is 7.84. The van der Waals surface area contributed by atoms with Gasteiger partial charge in [-0.25, -0.2) is 4.79 Å². The third-order valence-electron chi connectivity index (χ3n) is 5.38. The molecule has 1 fully saturated rings. The van der Waals surface area contributed by atoms with Crippen molar-refractivity contribution >= 4 is 28.3 Å². The van der Waals surface area contributed by atoms with E-state index in [2.05, 4.69) is 46.0 Å². The average Bonchev–Trinajstić information content (AvgIpc) is 3.11. The van der Waals surface area contributed by atoms with Crippen molar-refractivity contribution in [1.29, 1.82) is 0 Å². The summed E-state index contributed by atoms with van der Waals surface area (Å²) in [4.78, 5) is 17.0. The lowest BCUT2D eigenvalue weighted by molar-refractivity contribution is 0.208. The standard InChI is InChI=1S/C22H26N4O2/c1-3-24-16-20(19-6-4-5-7-21(19)24)23-22(27)26-14-12-25(13-15-26)17-8-10-18(28-2)11-9-17/h4-11,16H,3,12-15H2,1-2H3,(H,23,27). The van der Waals surface area contributed by atoms with Crippen LogP contribution in [0, 0.1) is 0 Å². The molecule has 1 saturated heterocycles. The maximum Gasteiger partial charge on any atom is 0.322 e. The number of methoxy groups -OCH3 is 1. The Kier molecular flexibility index (Phi) is 5.10. The number of nitrogens with zero attached hydrogens (tertiary/aromatic N) is 3. The number of urea groups is 1. The van der Waals surface area contributed by atoms with Crippen LogP contribution < -0.4 is 15.0 Å². The van der Waals surface area contributed by atoms with Gasteiger partial charge in [-0.1, -0.05) is 18.2 Å². The Hall–Kier alpha value is -3.15. The summed E-state index contributed by atoms with van der Waals surface area (Å²) < 4.78 is 7.38. The third-order valence-corrected chi connectivity index (χ3v) is 5.38. The molecule has 146 valence electrons. The molecule has 0 bridgehead atoms. The van der Waals surface area contributed by atoms with Crippen molar-refractivity contribution < 1.29 is 9.53 Å². The Bertz CT molecular complexity index is 956. The zero-order valence-electron chi connectivity index (χ0n) is 16.4. The zero-order valence-corrected chi connectivity index (χ0v) is 16.4. The fraction of sp³-hybridized carbons (Fsp3) is 0.318. The van der Waals surface area contributed by atoms with E-state index in [9.17, 15) is 4.79 Å². The number of para-hydroxylation sites is 1. The minimum Gasteiger partial charge on any atom is -0.497 e. The zero-order chi connectivity index (χ0) is 19.5. The van der Waals surface area contributed by atoms with E-state index in [4.69, 9.17) is 4.74 Å². The van der Waals surface area contributed by atoms with Gasteiger partial charge in [-0.05, 0) is 37.3 Å². The number of hydrogen-bond acceptors (Lipinski definition) is 3. The lowest BCUT2D eigenvalue weighted by atomic mass is 10.2. The second-order valence-electron chi connectivity index (χ2n) is 6.95. The van der Waals surface area contributed by atoms with Gasteiger partial charge in [0.25, 0.3) is 0 Å². The number of ether oxygens (including phenoxy) is 1. The van der Waals surface area contributed by atoms with Crippen LogP contribution in [0.2, 0.25) is 0 Å². The molecule has 3 aromatic rings. The summed E-state index contributed by atoms with van der Waals surface area (Å²) in [6, 6.07) is 16.2. The lowest BCUT2D eigenvalue weighted by Gasteiger charge is -2.36. The average molecular weight is 378 g/mol. The van der Waals surface area contributed by atoms with Crippen LogP contribution in [-0.4, -0.2) is 48.8 Å². The Morgan fingerprint density at radius 3 is 2.43 bits per heavy atom. The minimum absolute atomic E-state index is 0.0339. The molecule has 1 aliphatic rings. The van der Waals surface area contributed by atoms with Crippen LogP contribution in [0.15, 0.2) is 54.7 Å². The largest absolute Gasteiger partial charge is 0.497 e.